The molecular weight excluding hydrogens is 312 g/mol. The van der Waals surface area contributed by atoms with Crippen LogP contribution in [0.1, 0.15) is 26.7 Å². The fraction of sp³-hybridized carbons (Fsp3) is 0.462. The second-order valence-corrected chi connectivity index (χ2v) is 5.73. The first kappa shape index (κ1) is 15.4. The molecule has 0 unspecified atom stereocenters. The van der Waals surface area contributed by atoms with Crippen LogP contribution in [0.25, 0.3) is 0 Å². The van der Waals surface area contributed by atoms with Gasteiger partial charge in [-0.3, -0.25) is 10.1 Å². The summed E-state index contributed by atoms with van der Waals surface area (Å²) in [5, 5.41) is 19.7. The highest BCUT2D eigenvalue weighted by atomic mass is 79.9. The Kier molecular flexibility index (Phi) is 5.31. The summed E-state index contributed by atoms with van der Waals surface area (Å²) in [7, 11) is 0. The molecule has 0 aromatic heterocycles. The van der Waals surface area contributed by atoms with Gasteiger partial charge < -0.3 is 4.74 Å². The van der Waals surface area contributed by atoms with Gasteiger partial charge >= 0.3 is 5.69 Å². The Morgan fingerprint density at radius 1 is 1.53 bits per heavy atom. The lowest BCUT2D eigenvalue weighted by atomic mass is 9.90. The Labute approximate surface area is 120 Å². The lowest BCUT2D eigenvalue weighted by Gasteiger charge is -2.14. The van der Waals surface area contributed by atoms with Crippen molar-refractivity contribution in [3.63, 3.8) is 0 Å². The normalized spacial score (nSPS) is 10.8. The van der Waals surface area contributed by atoms with Crippen molar-refractivity contribution in [1.82, 2.24) is 0 Å². The van der Waals surface area contributed by atoms with Crippen LogP contribution in [0, 0.1) is 26.9 Å². The average molecular weight is 327 g/mol. The first-order chi connectivity index (χ1) is 8.85. The van der Waals surface area contributed by atoms with E-state index in [1.54, 1.807) is 12.1 Å². The van der Waals surface area contributed by atoms with Gasteiger partial charge in [-0.15, -0.1) is 0 Å². The quantitative estimate of drug-likeness (QED) is 0.448. The number of hydrogen-bond donors (Lipinski definition) is 0. The monoisotopic (exact) mass is 326 g/mol. The van der Waals surface area contributed by atoms with Crippen molar-refractivity contribution in [2.24, 2.45) is 5.41 Å². The third-order valence-corrected chi connectivity index (χ3v) is 3.12. The van der Waals surface area contributed by atoms with Gasteiger partial charge in [0.2, 0.25) is 0 Å². The molecule has 5 nitrogen and oxygen atoms in total. The zero-order valence-corrected chi connectivity index (χ0v) is 12.4. The van der Waals surface area contributed by atoms with Crippen molar-refractivity contribution in [2.75, 3.05) is 6.61 Å². The Balaban J connectivity index is 2.59. The SMILES string of the molecule is CC(C)(C#N)CCCOc1ccc(Br)cc1[N+](=O)[O-]. The molecule has 0 saturated heterocycles. The standard InChI is InChI=1S/C13H15BrN2O3/c1-13(2,9-15)6-3-7-19-12-5-4-10(14)8-11(12)16(17)18/h4-5,8H,3,6-7H2,1-2H3. The van der Waals surface area contributed by atoms with Crippen molar-refractivity contribution >= 4 is 21.6 Å². The van der Waals surface area contributed by atoms with Gasteiger partial charge in [0, 0.05) is 10.5 Å². The molecule has 0 aliphatic carbocycles. The molecule has 102 valence electrons. The van der Waals surface area contributed by atoms with Crippen molar-refractivity contribution in [3.8, 4) is 11.8 Å². The van der Waals surface area contributed by atoms with Crippen LogP contribution in [0.15, 0.2) is 22.7 Å². The predicted octanol–water partition coefficient (Wildman–Crippen LogP) is 4.07. The first-order valence-corrected chi connectivity index (χ1v) is 6.63. The number of ether oxygens (including phenoxy) is 1. The molecule has 0 N–H and O–H groups in total. The van der Waals surface area contributed by atoms with E-state index in [2.05, 4.69) is 22.0 Å². The van der Waals surface area contributed by atoms with E-state index in [0.29, 0.717) is 23.9 Å². The summed E-state index contributed by atoms with van der Waals surface area (Å²) < 4.78 is 6.06. The number of nitriles is 1. The lowest BCUT2D eigenvalue weighted by Crippen LogP contribution is -2.10. The Hall–Kier alpha value is -1.61. The van der Waals surface area contributed by atoms with Gasteiger partial charge in [0.25, 0.3) is 0 Å². The molecule has 19 heavy (non-hydrogen) atoms. The molecule has 1 aromatic rings. The van der Waals surface area contributed by atoms with Crippen molar-refractivity contribution < 1.29 is 9.66 Å². The molecule has 0 saturated carbocycles. The largest absolute Gasteiger partial charge is 0.487 e. The second kappa shape index (κ2) is 6.53. The fourth-order valence-electron chi connectivity index (χ4n) is 1.51. The van der Waals surface area contributed by atoms with Crippen LogP contribution >= 0.6 is 15.9 Å². The summed E-state index contributed by atoms with van der Waals surface area (Å²) in [5.74, 6) is 0.253. The number of rotatable bonds is 6. The molecule has 0 aliphatic heterocycles. The minimum absolute atomic E-state index is 0.0612. The van der Waals surface area contributed by atoms with Crippen LogP contribution in [0.2, 0.25) is 0 Å². The van der Waals surface area contributed by atoms with Gasteiger partial charge in [0.15, 0.2) is 5.75 Å². The van der Waals surface area contributed by atoms with E-state index in [9.17, 15) is 10.1 Å². The van der Waals surface area contributed by atoms with Crippen molar-refractivity contribution in [2.45, 2.75) is 26.7 Å². The van der Waals surface area contributed by atoms with Crippen LogP contribution in [-0.4, -0.2) is 11.5 Å². The van der Waals surface area contributed by atoms with Crippen LogP contribution in [0.5, 0.6) is 5.75 Å². The van der Waals surface area contributed by atoms with E-state index in [1.807, 2.05) is 13.8 Å². The molecule has 0 fully saturated rings. The summed E-state index contributed by atoms with van der Waals surface area (Å²) in [4.78, 5) is 10.4. The summed E-state index contributed by atoms with van der Waals surface area (Å²) in [6, 6.07) is 6.88. The molecule has 1 aromatic carbocycles. The third-order valence-electron chi connectivity index (χ3n) is 2.62. The van der Waals surface area contributed by atoms with Crippen LogP contribution in [0.3, 0.4) is 0 Å². The minimum Gasteiger partial charge on any atom is -0.487 e. The first-order valence-electron chi connectivity index (χ1n) is 5.84. The van der Waals surface area contributed by atoms with Gasteiger partial charge in [-0.05, 0) is 38.8 Å². The average Bonchev–Trinajstić information content (AvgIpc) is 2.36. The van der Waals surface area contributed by atoms with Gasteiger partial charge in [-0.2, -0.15) is 5.26 Å². The van der Waals surface area contributed by atoms with Crippen molar-refractivity contribution in [1.29, 1.82) is 5.26 Å². The zero-order valence-electron chi connectivity index (χ0n) is 10.9. The fourth-order valence-corrected chi connectivity index (χ4v) is 1.86. The Morgan fingerprint density at radius 3 is 2.79 bits per heavy atom. The van der Waals surface area contributed by atoms with E-state index in [-0.39, 0.29) is 11.4 Å². The molecule has 0 amide bonds. The summed E-state index contributed by atoms with van der Waals surface area (Å²) in [5.41, 5.74) is -0.455. The van der Waals surface area contributed by atoms with E-state index in [0.717, 1.165) is 0 Å². The number of nitrogens with zero attached hydrogens (tertiary/aromatic N) is 2. The van der Waals surface area contributed by atoms with E-state index >= 15 is 0 Å². The van der Waals surface area contributed by atoms with Crippen molar-refractivity contribution in [3.05, 3.63) is 32.8 Å². The molecule has 0 atom stereocenters. The maximum Gasteiger partial charge on any atom is 0.312 e. The number of benzene rings is 1. The molecule has 0 heterocycles. The number of hydrogen-bond acceptors (Lipinski definition) is 4. The van der Waals surface area contributed by atoms with Gasteiger partial charge in [0.05, 0.1) is 23.0 Å². The number of halogens is 1. The topological polar surface area (TPSA) is 76.2 Å². The summed E-state index contributed by atoms with van der Waals surface area (Å²) in [6.07, 6.45) is 1.36. The molecule has 0 aliphatic rings. The highest BCUT2D eigenvalue weighted by molar-refractivity contribution is 9.10. The molecule has 6 heteroatoms. The Bertz CT molecular complexity index is 509. The van der Waals surface area contributed by atoms with Crippen LogP contribution in [0.4, 0.5) is 5.69 Å². The molecular formula is C13H15BrN2O3. The van der Waals surface area contributed by atoms with Crippen LogP contribution in [-0.2, 0) is 0 Å². The smallest absolute Gasteiger partial charge is 0.312 e. The highest BCUT2D eigenvalue weighted by Gasteiger charge is 2.18. The summed E-state index contributed by atoms with van der Waals surface area (Å²) in [6.45, 7) is 4.07. The maximum absolute atomic E-state index is 10.9. The van der Waals surface area contributed by atoms with E-state index < -0.39 is 10.3 Å². The van der Waals surface area contributed by atoms with E-state index in [4.69, 9.17) is 10.00 Å². The number of nitro groups is 1. The van der Waals surface area contributed by atoms with Gasteiger partial charge in [-0.25, -0.2) is 0 Å². The molecule has 0 bridgehead atoms. The third kappa shape index (κ3) is 4.87. The summed E-state index contributed by atoms with van der Waals surface area (Å²) >= 11 is 3.19. The van der Waals surface area contributed by atoms with Gasteiger partial charge in [-0.1, -0.05) is 15.9 Å². The maximum atomic E-state index is 10.9. The Morgan fingerprint density at radius 2 is 2.21 bits per heavy atom. The molecule has 0 radical (unpaired) electrons. The highest BCUT2D eigenvalue weighted by Crippen LogP contribution is 2.30. The van der Waals surface area contributed by atoms with Crippen LogP contribution < -0.4 is 4.74 Å². The predicted molar refractivity (Wildman–Crippen MR) is 74.9 cm³/mol. The number of nitro benzene ring substituents is 1. The van der Waals surface area contributed by atoms with E-state index in [1.165, 1.54) is 6.07 Å². The van der Waals surface area contributed by atoms with Gasteiger partial charge in [0.1, 0.15) is 0 Å². The lowest BCUT2D eigenvalue weighted by molar-refractivity contribution is -0.385. The minimum atomic E-state index is -0.473. The molecule has 0 spiro atoms. The zero-order chi connectivity index (χ0) is 14.5. The molecule has 1 rings (SSSR count). The second-order valence-electron chi connectivity index (χ2n) is 4.82.